The van der Waals surface area contributed by atoms with Gasteiger partial charge in [-0.2, -0.15) is 0 Å². The number of nitrogens with one attached hydrogen (secondary N) is 1. The second-order valence-electron chi connectivity index (χ2n) is 5.42. The standard InChI is InChI=1S/C16H15N5O3S/c1-10(13-8-25-11(2)19-13)18-16(22)12-3-4-14(15(7-12)21(23)24)20-6-5-17-9-20/h3-10H,1-2H3,(H,18,22). The zero-order chi connectivity index (χ0) is 18.0. The predicted octanol–water partition coefficient (Wildman–Crippen LogP) is 3.04. The number of nitrogens with zero attached hydrogens (tertiary/aromatic N) is 4. The summed E-state index contributed by atoms with van der Waals surface area (Å²) < 4.78 is 1.53. The van der Waals surface area contributed by atoms with Crippen molar-refractivity contribution >= 4 is 22.9 Å². The van der Waals surface area contributed by atoms with Gasteiger partial charge in [0, 0.05) is 29.4 Å². The molecule has 0 aliphatic carbocycles. The number of thiazole rings is 1. The maximum atomic E-state index is 12.4. The maximum Gasteiger partial charge on any atom is 0.294 e. The second kappa shape index (κ2) is 6.81. The van der Waals surface area contributed by atoms with E-state index < -0.39 is 10.8 Å². The molecule has 0 radical (unpaired) electrons. The van der Waals surface area contributed by atoms with Gasteiger partial charge in [0.05, 0.1) is 28.0 Å². The van der Waals surface area contributed by atoms with Gasteiger partial charge in [-0.25, -0.2) is 9.97 Å². The van der Waals surface area contributed by atoms with Crippen molar-refractivity contribution in [2.45, 2.75) is 19.9 Å². The molecule has 2 aromatic heterocycles. The third-order valence-electron chi connectivity index (χ3n) is 3.64. The molecule has 1 amide bonds. The van der Waals surface area contributed by atoms with Crippen LogP contribution in [0.15, 0.2) is 42.3 Å². The number of benzene rings is 1. The lowest BCUT2D eigenvalue weighted by molar-refractivity contribution is -0.384. The van der Waals surface area contributed by atoms with Crippen LogP contribution < -0.4 is 5.32 Å². The molecule has 0 aliphatic heterocycles. The van der Waals surface area contributed by atoms with Crippen molar-refractivity contribution in [3.05, 3.63) is 68.7 Å². The smallest absolute Gasteiger partial charge is 0.294 e. The normalized spacial score (nSPS) is 11.9. The summed E-state index contributed by atoms with van der Waals surface area (Å²) in [4.78, 5) is 31.5. The number of hydrogen-bond donors (Lipinski definition) is 1. The number of amides is 1. The monoisotopic (exact) mass is 357 g/mol. The molecule has 0 spiro atoms. The predicted molar refractivity (Wildman–Crippen MR) is 93.0 cm³/mol. The second-order valence-corrected chi connectivity index (χ2v) is 6.48. The van der Waals surface area contributed by atoms with Crippen molar-refractivity contribution < 1.29 is 9.72 Å². The average molecular weight is 357 g/mol. The number of rotatable bonds is 5. The summed E-state index contributed by atoms with van der Waals surface area (Å²) in [5.41, 5.74) is 1.17. The van der Waals surface area contributed by atoms with Gasteiger partial charge in [0.25, 0.3) is 11.6 Å². The van der Waals surface area contributed by atoms with Crippen LogP contribution in [0.1, 0.15) is 34.0 Å². The Morgan fingerprint density at radius 3 is 2.84 bits per heavy atom. The van der Waals surface area contributed by atoms with Crippen molar-refractivity contribution in [1.82, 2.24) is 19.9 Å². The molecular formula is C16H15N5O3S. The van der Waals surface area contributed by atoms with E-state index in [1.54, 1.807) is 12.3 Å². The van der Waals surface area contributed by atoms with Crippen LogP contribution in [-0.2, 0) is 0 Å². The van der Waals surface area contributed by atoms with Crippen molar-refractivity contribution in [2.24, 2.45) is 0 Å². The molecule has 0 saturated heterocycles. The van der Waals surface area contributed by atoms with E-state index in [1.165, 1.54) is 40.6 Å². The highest BCUT2D eigenvalue weighted by atomic mass is 32.1. The molecule has 1 aromatic carbocycles. The first-order valence-corrected chi connectivity index (χ1v) is 8.33. The van der Waals surface area contributed by atoms with Gasteiger partial charge in [-0.1, -0.05) is 0 Å². The van der Waals surface area contributed by atoms with Gasteiger partial charge in [-0.15, -0.1) is 11.3 Å². The van der Waals surface area contributed by atoms with Crippen molar-refractivity contribution in [3.8, 4) is 5.69 Å². The summed E-state index contributed by atoms with van der Waals surface area (Å²) in [6.45, 7) is 3.71. The third-order valence-corrected chi connectivity index (χ3v) is 4.44. The van der Waals surface area contributed by atoms with Crippen LogP contribution in [0.3, 0.4) is 0 Å². The first kappa shape index (κ1) is 16.8. The fourth-order valence-corrected chi connectivity index (χ4v) is 3.07. The van der Waals surface area contributed by atoms with Gasteiger partial charge >= 0.3 is 0 Å². The minimum Gasteiger partial charge on any atom is -0.344 e. The highest BCUT2D eigenvalue weighted by molar-refractivity contribution is 7.09. The van der Waals surface area contributed by atoms with Gasteiger partial charge in [-0.3, -0.25) is 14.9 Å². The lowest BCUT2D eigenvalue weighted by Crippen LogP contribution is -2.27. The van der Waals surface area contributed by atoms with E-state index in [1.807, 2.05) is 19.2 Å². The zero-order valence-corrected chi connectivity index (χ0v) is 14.4. The van der Waals surface area contributed by atoms with E-state index in [0.29, 0.717) is 5.69 Å². The minimum absolute atomic E-state index is 0.164. The molecule has 9 heteroatoms. The molecule has 8 nitrogen and oxygen atoms in total. The quantitative estimate of drug-likeness (QED) is 0.558. The Morgan fingerprint density at radius 2 is 2.24 bits per heavy atom. The van der Waals surface area contributed by atoms with Crippen LogP contribution in [0.4, 0.5) is 5.69 Å². The highest BCUT2D eigenvalue weighted by Crippen LogP contribution is 2.24. The van der Waals surface area contributed by atoms with Gasteiger partial charge in [0.1, 0.15) is 5.69 Å². The minimum atomic E-state index is -0.515. The van der Waals surface area contributed by atoms with E-state index in [-0.39, 0.29) is 17.3 Å². The molecule has 0 bridgehead atoms. The number of carbonyl (C=O) groups is 1. The van der Waals surface area contributed by atoms with Gasteiger partial charge in [0.2, 0.25) is 0 Å². The van der Waals surface area contributed by atoms with Gasteiger partial charge < -0.3 is 9.88 Å². The van der Waals surface area contributed by atoms with Crippen LogP contribution in [0, 0.1) is 17.0 Å². The van der Waals surface area contributed by atoms with Crippen LogP contribution in [0.2, 0.25) is 0 Å². The van der Waals surface area contributed by atoms with Crippen LogP contribution in [0.25, 0.3) is 5.69 Å². The summed E-state index contributed by atoms with van der Waals surface area (Å²) >= 11 is 1.50. The molecule has 3 rings (SSSR count). The molecule has 0 fully saturated rings. The Morgan fingerprint density at radius 1 is 1.44 bits per heavy atom. The number of aryl methyl sites for hydroxylation is 1. The Labute approximate surface area is 147 Å². The van der Waals surface area contributed by atoms with E-state index >= 15 is 0 Å². The van der Waals surface area contributed by atoms with E-state index in [0.717, 1.165) is 10.7 Å². The summed E-state index contributed by atoms with van der Waals surface area (Å²) in [7, 11) is 0. The lowest BCUT2D eigenvalue weighted by atomic mass is 10.1. The number of carbonyl (C=O) groups excluding carboxylic acids is 1. The molecule has 3 aromatic rings. The number of hydrogen-bond acceptors (Lipinski definition) is 6. The zero-order valence-electron chi connectivity index (χ0n) is 13.5. The van der Waals surface area contributed by atoms with E-state index in [2.05, 4.69) is 15.3 Å². The first-order valence-electron chi connectivity index (χ1n) is 7.45. The Kier molecular flexibility index (Phi) is 4.57. The number of nitro groups is 1. The van der Waals surface area contributed by atoms with Crippen LogP contribution in [0.5, 0.6) is 0 Å². The molecule has 2 heterocycles. The highest BCUT2D eigenvalue weighted by Gasteiger charge is 2.20. The van der Waals surface area contributed by atoms with E-state index in [9.17, 15) is 14.9 Å². The van der Waals surface area contributed by atoms with Gasteiger partial charge in [0.15, 0.2) is 0 Å². The Hall–Kier alpha value is -3.07. The third kappa shape index (κ3) is 3.56. The summed E-state index contributed by atoms with van der Waals surface area (Å²) in [5.74, 6) is -0.390. The molecule has 1 atom stereocenters. The van der Waals surface area contributed by atoms with E-state index in [4.69, 9.17) is 0 Å². The summed E-state index contributed by atoms with van der Waals surface area (Å²) in [5, 5.41) is 17.0. The molecule has 0 aliphatic rings. The fraction of sp³-hybridized carbons (Fsp3) is 0.188. The topological polar surface area (TPSA) is 103 Å². The van der Waals surface area contributed by atoms with Crippen molar-refractivity contribution in [2.75, 3.05) is 0 Å². The van der Waals surface area contributed by atoms with Crippen LogP contribution >= 0.6 is 11.3 Å². The number of aromatic nitrogens is 3. The van der Waals surface area contributed by atoms with Crippen LogP contribution in [-0.4, -0.2) is 25.4 Å². The lowest BCUT2D eigenvalue weighted by Gasteiger charge is -2.12. The molecule has 1 unspecified atom stereocenters. The molecular weight excluding hydrogens is 342 g/mol. The number of imidazole rings is 1. The molecule has 128 valence electrons. The molecule has 1 N–H and O–H groups in total. The SMILES string of the molecule is Cc1nc(C(C)NC(=O)c2ccc(-n3ccnc3)c([N+](=O)[O-])c2)cs1. The summed E-state index contributed by atoms with van der Waals surface area (Å²) in [6, 6.07) is 4.07. The van der Waals surface area contributed by atoms with Crippen molar-refractivity contribution in [3.63, 3.8) is 0 Å². The average Bonchev–Trinajstić information content (AvgIpc) is 3.25. The number of nitro benzene ring substituents is 1. The molecule has 0 saturated carbocycles. The maximum absolute atomic E-state index is 12.4. The van der Waals surface area contributed by atoms with Crippen molar-refractivity contribution in [1.29, 1.82) is 0 Å². The largest absolute Gasteiger partial charge is 0.344 e. The molecule has 25 heavy (non-hydrogen) atoms. The fourth-order valence-electron chi connectivity index (χ4n) is 2.36. The summed E-state index contributed by atoms with van der Waals surface area (Å²) in [6.07, 6.45) is 4.60. The first-order chi connectivity index (χ1) is 12.0. The van der Waals surface area contributed by atoms with Gasteiger partial charge in [-0.05, 0) is 26.0 Å². The Bertz CT molecular complexity index is 920. The Balaban J connectivity index is 1.86.